The molecular weight excluding hydrogens is 392 g/mol. The predicted molar refractivity (Wildman–Crippen MR) is 109 cm³/mol. The summed E-state index contributed by atoms with van der Waals surface area (Å²) >= 11 is 5.97. The number of hydrogen-bond donors (Lipinski definition) is 2. The first-order valence-electron chi connectivity index (χ1n) is 9.78. The van der Waals surface area contributed by atoms with Crippen molar-refractivity contribution in [1.29, 1.82) is 0 Å². The van der Waals surface area contributed by atoms with Gasteiger partial charge in [-0.15, -0.1) is 0 Å². The Morgan fingerprint density at radius 1 is 1.10 bits per heavy atom. The summed E-state index contributed by atoms with van der Waals surface area (Å²) in [6, 6.07) is 9.60. The number of rotatable bonds is 7. The van der Waals surface area contributed by atoms with Crippen LogP contribution < -0.4 is 5.32 Å². The molecule has 0 radical (unpaired) electrons. The minimum absolute atomic E-state index is 0.00968. The molecule has 2 amide bonds. The molecule has 1 heterocycles. The van der Waals surface area contributed by atoms with Crippen LogP contribution in [0.5, 0.6) is 0 Å². The highest BCUT2D eigenvalue weighted by molar-refractivity contribution is 6.29. The highest BCUT2D eigenvalue weighted by atomic mass is 35.5. The van der Waals surface area contributed by atoms with Gasteiger partial charge in [0.15, 0.2) is 5.15 Å². The van der Waals surface area contributed by atoms with Crippen LogP contribution in [-0.2, 0) is 17.9 Å². The molecule has 0 unspecified atom stereocenters. The van der Waals surface area contributed by atoms with Crippen molar-refractivity contribution >= 4 is 23.6 Å². The Balaban J connectivity index is 1.46. The Morgan fingerprint density at radius 3 is 2.45 bits per heavy atom. The topological polar surface area (TPSA) is 95.4 Å². The summed E-state index contributed by atoms with van der Waals surface area (Å²) in [6.07, 6.45) is 5.32. The first-order chi connectivity index (χ1) is 14.0. The normalized spacial score (nSPS) is 18.8. The van der Waals surface area contributed by atoms with E-state index in [1.807, 2.05) is 30.3 Å². The lowest BCUT2D eigenvalue weighted by atomic mass is 9.81. The minimum atomic E-state index is -0.908. The monoisotopic (exact) mass is 416 g/mol. The van der Waals surface area contributed by atoms with Crippen molar-refractivity contribution in [2.24, 2.45) is 11.8 Å². The number of amides is 2. The SMILES string of the molecule is O=C(NCc1nccnc1Cl)C1CCC(CN(Cc2ccccc2)C(=O)O)CC1. The van der Waals surface area contributed by atoms with Gasteiger partial charge in [0.05, 0.1) is 12.2 Å². The van der Waals surface area contributed by atoms with Gasteiger partial charge < -0.3 is 15.3 Å². The maximum absolute atomic E-state index is 12.5. The second-order valence-corrected chi connectivity index (χ2v) is 7.74. The molecule has 1 aromatic carbocycles. The molecule has 0 spiro atoms. The van der Waals surface area contributed by atoms with Crippen molar-refractivity contribution in [1.82, 2.24) is 20.2 Å². The standard InChI is InChI=1S/C21H25ClN4O3/c22-19-18(23-10-11-24-19)12-25-20(27)17-8-6-16(7-9-17)14-26(21(28)29)13-15-4-2-1-3-5-15/h1-5,10-11,16-17H,6-9,12-14H2,(H,25,27)(H,28,29). The highest BCUT2D eigenvalue weighted by Gasteiger charge is 2.28. The quantitative estimate of drug-likeness (QED) is 0.716. The van der Waals surface area contributed by atoms with E-state index in [2.05, 4.69) is 15.3 Å². The number of carbonyl (C=O) groups excluding carboxylic acids is 1. The summed E-state index contributed by atoms with van der Waals surface area (Å²) in [5.41, 5.74) is 1.53. The van der Waals surface area contributed by atoms with Gasteiger partial charge >= 0.3 is 6.09 Å². The molecule has 0 bridgehead atoms. The van der Waals surface area contributed by atoms with E-state index in [1.54, 1.807) is 6.20 Å². The molecule has 2 N–H and O–H groups in total. The number of benzene rings is 1. The van der Waals surface area contributed by atoms with Gasteiger partial charge in [-0.1, -0.05) is 41.9 Å². The zero-order chi connectivity index (χ0) is 20.6. The van der Waals surface area contributed by atoms with Crippen molar-refractivity contribution < 1.29 is 14.7 Å². The molecule has 29 heavy (non-hydrogen) atoms. The van der Waals surface area contributed by atoms with Crippen molar-refractivity contribution in [3.8, 4) is 0 Å². The van der Waals surface area contributed by atoms with Crippen LogP contribution in [0.1, 0.15) is 36.9 Å². The van der Waals surface area contributed by atoms with Crippen molar-refractivity contribution in [3.05, 3.63) is 59.1 Å². The van der Waals surface area contributed by atoms with Crippen LogP contribution in [0.25, 0.3) is 0 Å². The maximum atomic E-state index is 12.5. The van der Waals surface area contributed by atoms with Crippen molar-refractivity contribution in [3.63, 3.8) is 0 Å². The third-order valence-corrected chi connectivity index (χ3v) is 5.65. The second kappa shape index (κ2) is 10.2. The molecule has 1 aliphatic carbocycles. The van der Waals surface area contributed by atoms with Gasteiger partial charge in [0, 0.05) is 31.4 Å². The fourth-order valence-electron chi connectivity index (χ4n) is 3.72. The Morgan fingerprint density at radius 2 is 1.79 bits per heavy atom. The van der Waals surface area contributed by atoms with Crippen molar-refractivity contribution in [2.75, 3.05) is 6.54 Å². The molecule has 0 saturated heterocycles. The number of hydrogen-bond acceptors (Lipinski definition) is 4. The zero-order valence-electron chi connectivity index (χ0n) is 16.1. The van der Waals surface area contributed by atoms with Crippen molar-refractivity contribution in [2.45, 2.75) is 38.8 Å². The van der Waals surface area contributed by atoms with E-state index in [9.17, 15) is 14.7 Å². The Kier molecular flexibility index (Phi) is 7.41. The van der Waals surface area contributed by atoms with Crippen LogP contribution in [-0.4, -0.2) is 38.5 Å². The van der Waals surface area contributed by atoms with Gasteiger partial charge in [0.25, 0.3) is 0 Å². The molecule has 1 saturated carbocycles. The second-order valence-electron chi connectivity index (χ2n) is 7.38. The minimum Gasteiger partial charge on any atom is -0.465 e. The summed E-state index contributed by atoms with van der Waals surface area (Å²) in [7, 11) is 0. The van der Waals surface area contributed by atoms with Gasteiger partial charge in [-0.3, -0.25) is 9.78 Å². The van der Waals surface area contributed by atoms with E-state index < -0.39 is 6.09 Å². The molecule has 7 nitrogen and oxygen atoms in total. The van der Waals surface area contributed by atoms with E-state index in [0.717, 1.165) is 31.2 Å². The molecule has 1 fully saturated rings. The molecule has 0 aliphatic heterocycles. The number of aromatic nitrogens is 2. The average Bonchev–Trinajstić information content (AvgIpc) is 2.73. The van der Waals surface area contributed by atoms with E-state index >= 15 is 0 Å². The Bertz CT molecular complexity index is 826. The van der Waals surface area contributed by atoms with Crippen LogP contribution in [0.3, 0.4) is 0 Å². The van der Waals surface area contributed by atoms with Gasteiger partial charge in [-0.25, -0.2) is 9.78 Å². The number of carbonyl (C=O) groups is 2. The summed E-state index contributed by atoms with van der Waals surface area (Å²) in [5.74, 6) is 0.201. The summed E-state index contributed by atoms with van der Waals surface area (Å²) < 4.78 is 0. The first-order valence-corrected chi connectivity index (χ1v) is 10.2. The highest BCUT2D eigenvalue weighted by Crippen LogP contribution is 2.30. The molecule has 1 aromatic heterocycles. The number of carboxylic acid groups (broad SMARTS) is 1. The molecule has 3 rings (SSSR count). The number of halogens is 1. The summed E-state index contributed by atoms with van der Waals surface area (Å²) in [6.45, 7) is 1.14. The average molecular weight is 417 g/mol. The molecule has 1 aliphatic rings. The third kappa shape index (κ3) is 6.15. The van der Waals surface area contributed by atoms with E-state index in [0.29, 0.717) is 23.9 Å². The maximum Gasteiger partial charge on any atom is 0.407 e. The lowest BCUT2D eigenvalue weighted by Gasteiger charge is -2.31. The lowest BCUT2D eigenvalue weighted by molar-refractivity contribution is -0.126. The van der Waals surface area contributed by atoms with Crippen LogP contribution in [0.15, 0.2) is 42.7 Å². The van der Waals surface area contributed by atoms with Crippen LogP contribution in [0, 0.1) is 11.8 Å². The summed E-state index contributed by atoms with van der Waals surface area (Å²) in [5, 5.41) is 12.7. The Hall–Kier alpha value is -2.67. The molecule has 154 valence electrons. The van der Waals surface area contributed by atoms with E-state index in [-0.39, 0.29) is 24.3 Å². The van der Waals surface area contributed by atoms with Crippen LogP contribution in [0.4, 0.5) is 4.79 Å². The van der Waals surface area contributed by atoms with E-state index in [4.69, 9.17) is 11.6 Å². The van der Waals surface area contributed by atoms with Gasteiger partial charge in [-0.2, -0.15) is 0 Å². The smallest absolute Gasteiger partial charge is 0.407 e. The van der Waals surface area contributed by atoms with Crippen LogP contribution in [0.2, 0.25) is 5.15 Å². The van der Waals surface area contributed by atoms with E-state index in [1.165, 1.54) is 11.1 Å². The fourth-order valence-corrected chi connectivity index (χ4v) is 3.89. The van der Waals surface area contributed by atoms with Gasteiger partial charge in [0.2, 0.25) is 5.91 Å². The van der Waals surface area contributed by atoms with Crippen LogP contribution >= 0.6 is 11.6 Å². The fraction of sp³-hybridized carbons (Fsp3) is 0.429. The predicted octanol–water partition coefficient (Wildman–Crippen LogP) is 3.73. The zero-order valence-corrected chi connectivity index (χ0v) is 16.9. The molecule has 2 aromatic rings. The lowest BCUT2D eigenvalue weighted by Crippen LogP contribution is -2.37. The van der Waals surface area contributed by atoms with Gasteiger partial charge in [0.1, 0.15) is 0 Å². The number of nitrogens with zero attached hydrogens (tertiary/aromatic N) is 3. The molecule has 8 heteroatoms. The Labute approximate surface area is 175 Å². The largest absolute Gasteiger partial charge is 0.465 e. The third-order valence-electron chi connectivity index (χ3n) is 5.34. The van der Waals surface area contributed by atoms with Gasteiger partial charge in [-0.05, 0) is 37.2 Å². The molecule has 0 atom stereocenters. The molecular formula is C21H25ClN4O3. The number of nitrogens with one attached hydrogen (secondary N) is 1. The first kappa shape index (κ1) is 21.0. The summed E-state index contributed by atoms with van der Waals surface area (Å²) in [4.78, 5) is 33.6.